The summed E-state index contributed by atoms with van der Waals surface area (Å²) in [5.74, 6) is 0.562. The van der Waals surface area contributed by atoms with Crippen molar-refractivity contribution in [3.05, 3.63) is 30.2 Å². The van der Waals surface area contributed by atoms with E-state index < -0.39 is 5.97 Å². The van der Waals surface area contributed by atoms with E-state index >= 15 is 0 Å². The van der Waals surface area contributed by atoms with Gasteiger partial charge in [-0.3, -0.25) is 0 Å². The molecule has 0 saturated heterocycles. The summed E-state index contributed by atoms with van der Waals surface area (Å²) in [6.45, 7) is 3.35. The maximum Gasteiger partial charge on any atom is 0.360 e. The SMILES string of the molecule is COC(=O)c1nc(C)n(CCCn2ccnc2)c1N. The number of hydrogen-bond donors (Lipinski definition) is 1. The van der Waals surface area contributed by atoms with E-state index in [4.69, 9.17) is 5.73 Å². The van der Waals surface area contributed by atoms with E-state index in [1.165, 1.54) is 7.11 Å². The molecule has 0 radical (unpaired) electrons. The number of carbonyl (C=O) groups is 1. The molecule has 2 aromatic rings. The Bertz CT molecular complexity index is 559. The van der Waals surface area contributed by atoms with Gasteiger partial charge in [-0.1, -0.05) is 0 Å². The second-order valence-electron chi connectivity index (χ2n) is 4.19. The Labute approximate surface area is 111 Å². The third-order valence-electron chi connectivity index (χ3n) is 2.93. The summed E-state index contributed by atoms with van der Waals surface area (Å²) >= 11 is 0. The number of nitrogens with zero attached hydrogens (tertiary/aromatic N) is 4. The Morgan fingerprint density at radius 1 is 1.47 bits per heavy atom. The van der Waals surface area contributed by atoms with Crippen molar-refractivity contribution in [1.29, 1.82) is 0 Å². The van der Waals surface area contributed by atoms with E-state index in [-0.39, 0.29) is 5.69 Å². The first-order valence-electron chi connectivity index (χ1n) is 6.00. The zero-order chi connectivity index (χ0) is 13.8. The van der Waals surface area contributed by atoms with E-state index in [1.807, 2.05) is 22.3 Å². The van der Waals surface area contributed by atoms with Crippen LogP contribution in [0.5, 0.6) is 0 Å². The minimum Gasteiger partial charge on any atom is -0.464 e. The van der Waals surface area contributed by atoms with Gasteiger partial charge in [0.05, 0.1) is 13.4 Å². The highest BCUT2D eigenvalue weighted by Gasteiger charge is 2.18. The predicted octanol–water partition coefficient (Wildman–Crippen LogP) is 0.847. The fourth-order valence-electron chi connectivity index (χ4n) is 1.94. The molecule has 0 aliphatic rings. The van der Waals surface area contributed by atoms with E-state index in [1.54, 1.807) is 12.5 Å². The third kappa shape index (κ3) is 2.75. The van der Waals surface area contributed by atoms with Crippen molar-refractivity contribution in [1.82, 2.24) is 19.1 Å². The number of hydrogen-bond acceptors (Lipinski definition) is 5. The van der Waals surface area contributed by atoms with Crippen LogP contribution in [0.15, 0.2) is 18.7 Å². The van der Waals surface area contributed by atoms with Crippen LogP contribution in [0.4, 0.5) is 5.82 Å². The van der Waals surface area contributed by atoms with Crippen molar-refractivity contribution >= 4 is 11.8 Å². The number of nitrogens with two attached hydrogens (primary N) is 1. The van der Waals surface area contributed by atoms with Crippen LogP contribution >= 0.6 is 0 Å². The van der Waals surface area contributed by atoms with Crippen LogP contribution in [0.1, 0.15) is 22.7 Å². The number of anilines is 1. The Hall–Kier alpha value is -2.31. The first-order valence-corrected chi connectivity index (χ1v) is 6.00. The van der Waals surface area contributed by atoms with Crippen LogP contribution < -0.4 is 5.73 Å². The Morgan fingerprint density at radius 2 is 2.26 bits per heavy atom. The summed E-state index contributed by atoms with van der Waals surface area (Å²) in [7, 11) is 1.31. The summed E-state index contributed by atoms with van der Waals surface area (Å²) in [5.41, 5.74) is 6.10. The number of aryl methyl sites for hydroxylation is 2. The molecule has 0 saturated carbocycles. The molecule has 2 rings (SSSR count). The number of ether oxygens (including phenoxy) is 1. The topological polar surface area (TPSA) is 88.0 Å². The summed E-state index contributed by atoms with van der Waals surface area (Å²) < 4.78 is 8.45. The molecule has 0 aliphatic carbocycles. The smallest absolute Gasteiger partial charge is 0.360 e. The molecule has 102 valence electrons. The Morgan fingerprint density at radius 3 is 2.89 bits per heavy atom. The lowest BCUT2D eigenvalue weighted by molar-refractivity contribution is 0.0595. The number of carbonyl (C=O) groups excluding carboxylic acids is 1. The summed E-state index contributed by atoms with van der Waals surface area (Å²) in [5, 5.41) is 0. The first-order chi connectivity index (χ1) is 9.13. The molecule has 0 atom stereocenters. The van der Waals surface area contributed by atoms with Gasteiger partial charge in [0.15, 0.2) is 5.69 Å². The zero-order valence-electron chi connectivity index (χ0n) is 11.0. The van der Waals surface area contributed by atoms with E-state index in [9.17, 15) is 4.79 Å². The largest absolute Gasteiger partial charge is 0.464 e. The number of aromatic nitrogens is 4. The quantitative estimate of drug-likeness (QED) is 0.808. The molecule has 7 nitrogen and oxygen atoms in total. The molecular formula is C12H17N5O2. The highest BCUT2D eigenvalue weighted by Crippen LogP contribution is 2.15. The van der Waals surface area contributed by atoms with Crippen molar-refractivity contribution in [2.45, 2.75) is 26.4 Å². The molecule has 0 aromatic carbocycles. The van der Waals surface area contributed by atoms with Crippen LogP contribution in [0.25, 0.3) is 0 Å². The second kappa shape index (κ2) is 5.55. The molecule has 19 heavy (non-hydrogen) atoms. The van der Waals surface area contributed by atoms with E-state index in [2.05, 4.69) is 14.7 Å². The third-order valence-corrected chi connectivity index (χ3v) is 2.93. The summed E-state index contributed by atoms with van der Waals surface area (Å²) in [6.07, 6.45) is 6.29. The maximum absolute atomic E-state index is 11.5. The van der Waals surface area contributed by atoms with Gasteiger partial charge in [-0.2, -0.15) is 0 Å². The molecule has 0 unspecified atom stereocenters. The van der Waals surface area contributed by atoms with Gasteiger partial charge in [-0.05, 0) is 13.3 Å². The number of imidazole rings is 2. The van der Waals surface area contributed by atoms with Crippen LogP contribution in [-0.2, 0) is 17.8 Å². The van der Waals surface area contributed by atoms with Crippen molar-refractivity contribution in [2.75, 3.05) is 12.8 Å². The maximum atomic E-state index is 11.5. The molecule has 0 bridgehead atoms. The highest BCUT2D eigenvalue weighted by atomic mass is 16.5. The monoisotopic (exact) mass is 263 g/mol. The standard InChI is InChI=1S/C12H17N5O2/c1-9-15-10(12(18)19-2)11(13)17(9)6-3-5-16-7-4-14-8-16/h4,7-8H,3,5-6,13H2,1-2H3. The second-order valence-corrected chi connectivity index (χ2v) is 4.19. The van der Waals surface area contributed by atoms with Gasteiger partial charge in [0.25, 0.3) is 0 Å². The van der Waals surface area contributed by atoms with Crippen LogP contribution in [0.3, 0.4) is 0 Å². The predicted molar refractivity (Wildman–Crippen MR) is 69.6 cm³/mol. The molecule has 2 aromatic heterocycles. The first kappa shape index (κ1) is 13.1. The van der Waals surface area contributed by atoms with Crippen molar-refractivity contribution in [2.24, 2.45) is 0 Å². The molecule has 0 fully saturated rings. The van der Waals surface area contributed by atoms with Gasteiger partial charge in [0.1, 0.15) is 11.6 Å². The number of nitrogen functional groups attached to an aromatic ring is 1. The molecule has 0 amide bonds. The van der Waals surface area contributed by atoms with Crippen molar-refractivity contribution in [3.8, 4) is 0 Å². The van der Waals surface area contributed by atoms with E-state index in [0.29, 0.717) is 18.2 Å². The number of esters is 1. The lowest BCUT2D eigenvalue weighted by Gasteiger charge is -2.08. The molecular weight excluding hydrogens is 246 g/mol. The lowest BCUT2D eigenvalue weighted by atomic mass is 10.4. The molecule has 2 N–H and O–H groups in total. The zero-order valence-corrected chi connectivity index (χ0v) is 11.0. The van der Waals surface area contributed by atoms with Crippen LogP contribution in [0.2, 0.25) is 0 Å². The molecule has 7 heteroatoms. The van der Waals surface area contributed by atoms with Gasteiger partial charge < -0.3 is 19.6 Å². The fourth-order valence-corrected chi connectivity index (χ4v) is 1.94. The van der Waals surface area contributed by atoms with Gasteiger partial charge in [0, 0.05) is 25.5 Å². The van der Waals surface area contributed by atoms with Gasteiger partial charge in [0.2, 0.25) is 0 Å². The van der Waals surface area contributed by atoms with Gasteiger partial charge in [-0.15, -0.1) is 0 Å². The summed E-state index contributed by atoms with van der Waals surface area (Å²) in [4.78, 5) is 19.6. The number of methoxy groups -OCH3 is 1. The molecule has 2 heterocycles. The van der Waals surface area contributed by atoms with Crippen molar-refractivity contribution in [3.63, 3.8) is 0 Å². The highest BCUT2D eigenvalue weighted by molar-refractivity contribution is 5.92. The molecule has 0 spiro atoms. The molecule has 0 aliphatic heterocycles. The fraction of sp³-hybridized carbons (Fsp3) is 0.417. The van der Waals surface area contributed by atoms with Gasteiger partial charge in [-0.25, -0.2) is 14.8 Å². The summed E-state index contributed by atoms with van der Waals surface area (Å²) in [6, 6.07) is 0. The van der Waals surface area contributed by atoms with Crippen molar-refractivity contribution < 1.29 is 9.53 Å². The van der Waals surface area contributed by atoms with Gasteiger partial charge >= 0.3 is 5.97 Å². The average Bonchev–Trinajstić information content (AvgIpc) is 3.00. The van der Waals surface area contributed by atoms with Crippen LogP contribution in [-0.4, -0.2) is 32.2 Å². The average molecular weight is 263 g/mol. The van der Waals surface area contributed by atoms with E-state index in [0.717, 1.165) is 13.0 Å². The lowest BCUT2D eigenvalue weighted by Crippen LogP contribution is -2.10. The van der Waals surface area contributed by atoms with Crippen LogP contribution in [0, 0.1) is 6.92 Å². The minimum absolute atomic E-state index is 0.183. The Kier molecular flexibility index (Phi) is 3.84. The Balaban J connectivity index is 2.04. The minimum atomic E-state index is -0.506. The normalized spacial score (nSPS) is 10.6. The number of rotatable bonds is 5.